The van der Waals surface area contributed by atoms with Gasteiger partial charge in [-0.3, -0.25) is 37.3 Å². The molecule has 5 unspecified atom stereocenters. The lowest BCUT2D eigenvalue weighted by atomic mass is 10.0. The molecule has 96 heavy (non-hydrogen) atoms. The molecule has 0 aromatic carbocycles. The fourth-order valence-corrected chi connectivity index (χ4v) is 11.6. The summed E-state index contributed by atoms with van der Waals surface area (Å²) in [5.74, 6) is -2.24. The van der Waals surface area contributed by atoms with Gasteiger partial charge in [0.25, 0.3) is 0 Å². The van der Waals surface area contributed by atoms with Gasteiger partial charge in [0.15, 0.2) is 12.2 Å². The summed E-state index contributed by atoms with van der Waals surface area (Å²) in [7, 11) is -9.95. The lowest BCUT2D eigenvalue weighted by Gasteiger charge is -2.21. The Hall–Kier alpha value is -3.76. The smallest absolute Gasteiger partial charge is 0.462 e. The van der Waals surface area contributed by atoms with Gasteiger partial charge in [0.1, 0.15) is 19.3 Å². The van der Waals surface area contributed by atoms with Crippen molar-refractivity contribution in [2.45, 2.75) is 341 Å². The van der Waals surface area contributed by atoms with Gasteiger partial charge in [0.05, 0.1) is 26.4 Å². The van der Waals surface area contributed by atoms with E-state index in [1.807, 2.05) is 12.2 Å². The van der Waals surface area contributed by atoms with E-state index >= 15 is 0 Å². The summed E-state index contributed by atoms with van der Waals surface area (Å²) in [4.78, 5) is 72.7. The molecule has 17 nitrogen and oxygen atoms in total. The number of aliphatic hydroxyl groups excluding tert-OH is 1. The molecular formula is C77H136O17P2. The molecule has 0 aromatic rings. The van der Waals surface area contributed by atoms with Crippen molar-refractivity contribution in [1.82, 2.24) is 0 Å². The van der Waals surface area contributed by atoms with Gasteiger partial charge < -0.3 is 33.8 Å². The molecule has 0 aliphatic heterocycles. The monoisotopic (exact) mass is 1390 g/mol. The SMILES string of the molecule is CC/C=C\C/C=C\C/C=C\C/C=C\C/C=C\CCCC(=O)OCC(COP(=O)(O)OCC(O)COP(=O)(O)OCC(COC(=O)CCCCCCC/C=C\CCCCCC)OC(=O)CCCCCCC/C=C\CCCCCC)OC(=O)CCCCCCCCCCCCCCC. The third-order valence-corrected chi connectivity index (χ3v) is 17.7. The van der Waals surface area contributed by atoms with Gasteiger partial charge >= 0.3 is 39.5 Å². The first-order chi connectivity index (χ1) is 46.7. The Morgan fingerprint density at radius 2 is 0.552 bits per heavy atom. The van der Waals surface area contributed by atoms with Crippen LogP contribution in [0.5, 0.6) is 0 Å². The third-order valence-electron chi connectivity index (χ3n) is 15.8. The molecule has 0 saturated heterocycles. The largest absolute Gasteiger partial charge is 0.472 e. The molecule has 0 heterocycles. The number of ether oxygens (including phenoxy) is 4. The van der Waals surface area contributed by atoms with Gasteiger partial charge in [-0.15, -0.1) is 0 Å². The number of carbonyl (C=O) groups is 4. The zero-order chi connectivity index (χ0) is 70.4. The highest BCUT2D eigenvalue weighted by Gasteiger charge is 2.30. The Morgan fingerprint density at radius 3 is 0.896 bits per heavy atom. The van der Waals surface area contributed by atoms with Crippen LogP contribution >= 0.6 is 15.6 Å². The summed E-state index contributed by atoms with van der Waals surface area (Å²) in [5, 5.41) is 10.6. The van der Waals surface area contributed by atoms with E-state index in [4.69, 9.17) is 37.0 Å². The zero-order valence-corrected chi connectivity index (χ0v) is 62.3. The number of carbonyl (C=O) groups excluding carboxylic acids is 4. The summed E-state index contributed by atoms with van der Waals surface area (Å²) in [6.45, 7) is 4.67. The number of phosphoric ester groups is 2. The molecule has 0 aliphatic rings. The van der Waals surface area contributed by atoms with Crippen molar-refractivity contribution < 1.29 is 80.2 Å². The normalized spacial score (nSPS) is 14.4. The third kappa shape index (κ3) is 68.8. The second kappa shape index (κ2) is 69.7. The highest BCUT2D eigenvalue weighted by Crippen LogP contribution is 2.45. The van der Waals surface area contributed by atoms with Crippen LogP contribution in [0.3, 0.4) is 0 Å². The minimum atomic E-state index is -4.98. The maximum atomic E-state index is 13.1. The van der Waals surface area contributed by atoms with Crippen LogP contribution in [-0.4, -0.2) is 96.7 Å². The molecule has 0 fully saturated rings. The van der Waals surface area contributed by atoms with E-state index in [1.165, 1.54) is 103 Å². The Morgan fingerprint density at radius 1 is 0.302 bits per heavy atom. The predicted molar refractivity (Wildman–Crippen MR) is 390 cm³/mol. The Kier molecular flexibility index (Phi) is 67.0. The van der Waals surface area contributed by atoms with Gasteiger partial charge in [-0.2, -0.15) is 0 Å². The van der Waals surface area contributed by atoms with Gasteiger partial charge in [-0.1, -0.05) is 267 Å². The standard InChI is InChI=1S/C77H136O17P2/c1-5-9-13-17-21-25-29-33-34-35-36-40-42-46-50-54-58-62-75(80)88-68-73(94-77(82)64-60-56-52-48-44-39-32-28-24-20-16-12-8-4)70-92-96(85,86)90-66-71(78)65-89-95(83,84)91-69-72(93-76(81)63-59-55-51-47-43-38-31-27-23-19-15-11-7-3)67-87-74(79)61-57-53-49-45-41-37-30-26-22-18-14-10-6-2/h9,13,21,25-27,30-31,33-34,36,40,46,50,71-73,78H,5-8,10-12,14-20,22-24,28-29,32,35,37-39,41-45,47-49,51-70H2,1-4H3,(H,83,84)(H,85,86)/b13-9-,25-21-,30-26-,31-27-,34-33-,40-36-,50-46-. The van der Waals surface area contributed by atoms with Crippen LogP contribution in [0.2, 0.25) is 0 Å². The Balaban J connectivity index is 5.37. The van der Waals surface area contributed by atoms with Crippen molar-refractivity contribution in [2.75, 3.05) is 39.6 Å². The first kappa shape index (κ1) is 92.2. The van der Waals surface area contributed by atoms with E-state index in [9.17, 15) is 43.2 Å². The summed E-state index contributed by atoms with van der Waals surface area (Å²) < 4.78 is 68.3. The van der Waals surface area contributed by atoms with Crippen LogP contribution < -0.4 is 0 Å². The second-order valence-corrected chi connectivity index (χ2v) is 28.1. The molecule has 0 saturated carbocycles. The topological polar surface area (TPSA) is 237 Å². The molecule has 0 bridgehead atoms. The van der Waals surface area contributed by atoms with E-state index in [1.54, 1.807) is 0 Å². The summed E-state index contributed by atoms with van der Waals surface area (Å²) >= 11 is 0. The van der Waals surface area contributed by atoms with Gasteiger partial charge in [0.2, 0.25) is 0 Å². The molecule has 5 atom stereocenters. The average molecular weight is 1400 g/mol. The number of rotatable bonds is 71. The number of phosphoric acid groups is 2. The minimum absolute atomic E-state index is 0.0844. The fraction of sp³-hybridized carbons (Fsp3) is 0.766. The maximum absolute atomic E-state index is 13.1. The molecule has 3 N–H and O–H groups in total. The Bertz CT molecular complexity index is 2160. The van der Waals surface area contributed by atoms with Crippen molar-refractivity contribution in [3.63, 3.8) is 0 Å². The number of hydrogen-bond acceptors (Lipinski definition) is 15. The van der Waals surface area contributed by atoms with Crippen LogP contribution in [0, 0.1) is 0 Å². The van der Waals surface area contributed by atoms with E-state index in [0.717, 1.165) is 135 Å². The van der Waals surface area contributed by atoms with Crippen molar-refractivity contribution in [3.8, 4) is 0 Å². The molecule has 556 valence electrons. The second-order valence-electron chi connectivity index (χ2n) is 25.2. The van der Waals surface area contributed by atoms with E-state index in [0.29, 0.717) is 32.1 Å². The number of hydrogen-bond donors (Lipinski definition) is 3. The molecule has 19 heteroatoms. The summed E-state index contributed by atoms with van der Waals surface area (Å²) in [6.07, 6.45) is 70.1. The van der Waals surface area contributed by atoms with Crippen LogP contribution in [-0.2, 0) is 65.4 Å². The lowest BCUT2D eigenvalue weighted by molar-refractivity contribution is -0.161. The number of esters is 4. The molecule has 0 radical (unpaired) electrons. The number of unbranched alkanes of at least 4 members (excludes halogenated alkanes) is 31. The summed E-state index contributed by atoms with van der Waals surface area (Å²) in [5.41, 5.74) is 0. The average Bonchev–Trinajstić information content (AvgIpc) is 3.12. The highest BCUT2D eigenvalue weighted by molar-refractivity contribution is 7.47. The molecule has 0 aromatic heterocycles. The molecular weight excluding hydrogens is 1260 g/mol. The minimum Gasteiger partial charge on any atom is -0.462 e. The van der Waals surface area contributed by atoms with Crippen LogP contribution in [0.25, 0.3) is 0 Å². The van der Waals surface area contributed by atoms with Crippen molar-refractivity contribution in [2.24, 2.45) is 0 Å². The predicted octanol–water partition coefficient (Wildman–Crippen LogP) is 21.4. The van der Waals surface area contributed by atoms with Gasteiger partial charge in [-0.05, 0) is 116 Å². The molecule has 0 rings (SSSR count). The lowest BCUT2D eigenvalue weighted by Crippen LogP contribution is -2.30. The first-order valence-electron chi connectivity index (χ1n) is 37.8. The summed E-state index contributed by atoms with van der Waals surface area (Å²) in [6, 6.07) is 0. The van der Waals surface area contributed by atoms with Gasteiger partial charge in [-0.25, -0.2) is 9.13 Å². The van der Waals surface area contributed by atoms with Crippen LogP contribution in [0.4, 0.5) is 0 Å². The molecule has 0 spiro atoms. The van der Waals surface area contributed by atoms with Crippen LogP contribution in [0.15, 0.2) is 85.1 Å². The molecule has 0 amide bonds. The van der Waals surface area contributed by atoms with E-state index in [2.05, 4.69) is 101 Å². The van der Waals surface area contributed by atoms with Crippen LogP contribution in [0.1, 0.15) is 323 Å². The Labute approximate surface area is 583 Å². The van der Waals surface area contributed by atoms with Gasteiger partial charge in [0, 0.05) is 25.7 Å². The first-order valence-corrected chi connectivity index (χ1v) is 40.8. The molecule has 0 aliphatic carbocycles. The van der Waals surface area contributed by atoms with Crippen molar-refractivity contribution in [3.05, 3.63) is 85.1 Å². The quantitative estimate of drug-likeness (QED) is 0.0169. The number of allylic oxidation sites excluding steroid dienone is 14. The van der Waals surface area contributed by atoms with E-state index < -0.39 is 97.5 Å². The number of aliphatic hydroxyl groups is 1. The van der Waals surface area contributed by atoms with E-state index in [-0.39, 0.29) is 25.7 Å². The highest BCUT2D eigenvalue weighted by atomic mass is 31.2. The van der Waals surface area contributed by atoms with Crippen molar-refractivity contribution >= 4 is 39.5 Å². The maximum Gasteiger partial charge on any atom is 0.472 e. The van der Waals surface area contributed by atoms with Crippen molar-refractivity contribution in [1.29, 1.82) is 0 Å². The zero-order valence-electron chi connectivity index (χ0n) is 60.5. The fourth-order valence-electron chi connectivity index (χ4n) is 10.1.